The van der Waals surface area contributed by atoms with E-state index in [1.807, 2.05) is 13.8 Å². The fourth-order valence-corrected chi connectivity index (χ4v) is 2.68. The SMILES string of the molecule is CC1(C)CCC(CNC(=O)N2CCC(C(=O)O)C2)O1. The monoisotopic (exact) mass is 270 g/mol. The number of carboxylic acids is 1. The second-order valence-corrected chi connectivity index (χ2v) is 5.99. The summed E-state index contributed by atoms with van der Waals surface area (Å²) in [5, 5.41) is 11.7. The van der Waals surface area contributed by atoms with Gasteiger partial charge in [0.25, 0.3) is 0 Å². The molecule has 2 saturated heterocycles. The molecule has 2 aliphatic rings. The maximum absolute atomic E-state index is 11.9. The zero-order chi connectivity index (χ0) is 14.0. The van der Waals surface area contributed by atoms with Crippen LogP contribution in [0.4, 0.5) is 4.79 Å². The summed E-state index contributed by atoms with van der Waals surface area (Å²) in [6.07, 6.45) is 2.55. The van der Waals surface area contributed by atoms with Crippen LogP contribution in [0.3, 0.4) is 0 Å². The molecule has 19 heavy (non-hydrogen) atoms. The van der Waals surface area contributed by atoms with Gasteiger partial charge in [-0.3, -0.25) is 4.79 Å². The Labute approximate surface area is 113 Å². The van der Waals surface area contributed by atoms with Gasteiger partial charge in [-0.05, 0) is 33.1 Å². The number of nitrogens with one attached hydrogen (secondary N) is 1. The number of urea groups is 1. The molecule has 0 aromatic heterocycles. The number of hydrogen-bond donors (Lipinski definition) is 2. The van der Waals surface area contributed by atoms with Gasteiger partial charge in [0, 0.05) is 19.6 Å². The van der Waals surface area contributed by atoms with E-state index in [-0.39, 0.29) is 17.7 Å². The average Bonchev–Trinajstić information content (AvgIpc) is 2.92. The highest BCUT2D eigenvalue weighted by Gasteiger charge is 2.33. The van der Waals surface area contributed by atoms with Crippen LogP contribution in [0, 0.1) is 5.92 Å². The number of likely N-dealkylation sites (tertiary alicyclic amines) is 1. The third-order valence-corrected chi connectivity index (χ3v) is 3.86. The molecule has 0 bridgehead atoms. The maximum Gasteiger partial charge on any atom is 0.317 e. The lowest BCUT2D eigenvalue weighted by Crippen LogP contribution is -2.42. The van der Waals surface area contributed by atoms with E-state index in [1.54, 1.807) is 4.90 Å². The van der Waals surface area contributed by atoms with Crippen molar-refractivity contribution in [3.63, 3.8) is 0 Å². The van der Waals surface area contributed by atoms with Crippen LogP contribution in [-0.2, 0) is 9.53 Å². The number of carboxylic acid groups (broad SMARTS) is 1. The minimum absolute atomic E-state index is 0.0665. The summed E-state index contributed by atoms with van der Waals surface area (Å²) in [4.78, 5) is 24.3. The number of carbonyl (C=O) groups is 2. The fourth-order valence-electron chi connectivity index (χ4n) is 2.68. The highest BCUT2D eigenvalue weighted by molar-refractivity contribution is 5.77. The molecule has 0 aromatic rings. The quantitative estimate of drug-likeness (QED) is 0.803. The van der Waals surface area contributed by atoms with Gasteiger partial charge in [-0.1, -0.05) is 0 Å². The van der Waals surface area contributed by atoms with E-state index >= 15 is 0 Å². The molecule has 0 aliphatic carbocycles. The van der Waals surface area contributed by atoms with E-state index in [0.717, 1.165) is 12.8 Å². The average molecular weight is 270 g/mol. The Bertz CT molecular complexity index is 370. The molecule has 2 rings (SSSR count). The molecule has 0 radical (unpaired) electrons. The number of hydrogen-bond acceptors (Lipinski definition) is 3. The molecule has 2 aliphatic heterocycles. The summed E-state index contributed by atoms with van der Waals surface area (Å²) in [7, 11) is 0. The summed E-state index contributed by atoms with van der Waals surface area (Å²) in [6.45, 7) is 5.41. The Kier molecular flexibility index (Phi) is 3.99. The van der Waals surface area contributed by atoms with Crippen LogP contribution in [0.15, 0.2) is 0 Å². The van der Waals surface area contributed by atoms with Crippen LogP contribution in [0.25, 0.3) is 0 Å². The second kappa shape index (κ2) is 5.36. The number of carbonyl (C=O) groups excluding carboxylic acids is 1. The van der Waals surface area contributed by atoms with Crippen molar-refractivity contribution in [2.75, 3.05) is 19.6 Å². The molecule has 108 valence electrons. The summed E-state index contributed by atoms with van der Waals surface area (Å²) < 4.78 is 5.79. The topological polar surface area (TPSA) is 78.9 Å². The van der Waals surface area contributed by atoms with E-state index in [2.05, 4.69) is 5.32 Å². The first kappa shape index (κ1) is 14.1. The third kappa shape index (κ3) is 3.59. The zero-order valence-corrected chi connectivity index (χ0v) is 11.5. The number of amides is 2. The van der Waals surface area contributed by atoms with Crippen LogP contribution >= 0.6 is 0 Å². The van der Waals surface area contributed by atoms with Crippen LogP contribution in [-0.4, -0.2) is 53.3 Å². The highest BCUT2D eigenvalue weighted by atomic mass is 16.5. The first-order valence-corrected chi connectivity index (χ1v) is 6.81. The molecule has 2 amide bonds. The second-order valence-electron chi connectivity index (χ2n) is 5.99. The minimum Gasteiger partial charge on any atom is -0.481 e. The predicted octanol–water partition coefficient (Wildman–Crippen LogP) is 1.06. The molecule has 2 fully saturated rings. The molecule has 2 heterocycles. The molecule has 0 spiro atoms. The van der Waals surface area contributed by atoms with Gasteiger partial charge in [-0.25, -0.2) is 4.79 Å². The van der Waals surface area contributed by atoms with Gasteiger partial charge in [0.15, 0.2) is 0 Å². The van der Waals surface area contributed by atoms with Crippen molar-refractivity contribution in [3.8, 4) is 0 Å². The standard InChI is InChI=1S/C13H22N2O4/c1-13(2)5-3-10(19-13)7-14-12(18)15-6-4-9(8-15)11(16)17/h9-10H,3-8H2,1-2H3,(H,14,18)(H,16,17). The lowest BCUT2D eigenvalue weighted by atomic mass is 10.1. The minimum atomic E-state index is -0.823. The Morgan fingerprint density at radius 3 is 2.68 bits per heavy atom. The molecule has 0 saturated carbocycles. The Balaban J connectivity index is 1.72. The molecule has 2 unspecified atom stereocenters. The van der Waals surface area contributed by atoms with Gasteiger partial charge in [0.1, 0.15) is 0 Å². The van der Waals surface area contributed by atoms with E-state index in [9.17, 15) is 9.59 Å². The van der Waals surface area contributed by atoms with E-state index in [4.69, 9.17) is 9.84 Å². The molecule has 6 nitrogen and oxygen atoms in total. The Hall–Kier alpha value is -1.30. The summed E-state index contributed by atoms with van der Waals surface area (Å²) in [5.41, 5.74) is -0.0998. The van der Waals surface area contributed by atoms with Gasteiger partial charge in [0.05, 0.1) is 17.6 Å². The van der Waals surface area contributed by atoms with Gasteiger partial charge in [0.2, 0.25) is 0 Å². The van der Waals surface area contributed by atoms with Crippen molar-refractivity contribution < 1.29 is 19.4 Å². The third-order valence-electron chi connectivity index (χ3n) is 3.86. The Morgan fingerprint density at radius 1 is 1.42 bits per heavy atom. The summed E-state index contributed by atoms with van der Waals surface area (Å²) >= 11 is 0. The molecular weight excluding hydrogens is 248 g/mol. The first-order valence-electron chi connectivity index (χ1n) is 6.81. The first-order chi connectivity index (χ1) is 8.87. The van der Waals surface area contributed by atoms with Crippen molar-refractivity contribution in [1.82, 2.24) is 10.2 Å². The number of ether oxygens (including phenoxy) is 1. The van der Waals surface area contributed by atoms with Crippen LogP contribution < -0.4 is 5.32 Å². The van der Waals surface area contributed by atoms with Crippen LogP contribution in [0.5, 0.6) is 0 Å². The van der Waals surface area contributed by atoms with Gasteiger partial charge in [-0.2, -0.15) is 0 Å². The smallest absolute Gasteiger partial charge is 0.317 e. The van der Waals surface area contributed by atoms with Gasteiger partial charge >= 0.3 is 12.0 Å². The van der Waals surface area contributed by atoms with Crippen molar-refractivity contribution in [2.24, 2.45) is 5.92 Å². The van der Waals surface area contributed by atoms with Crippen molar-refractivity contribution in [1.29, 1.82) is 0 Å². The Morgan fingerprint density at radius 2 is 2.16 bits per heavy atom. The van der Waals surface area contributed by atoms with Crippen LogP contribution in [0.2, 0.25) is 0 Å². The van der Waals surface area contributed by atoms with E-state index in [1.165, 1.54) is 0 Å². The number of nitrogens with zero attached hydrogens (tertiary/aromatic N) is 1. The lowest BCUT2D eigenvalue weighted by Gasteiger charge is -2.21. The highest BCUT2D eigenvalue weighted by Crippen LogP contribution is 2.28. The molecule has 6 heteroatoms. The number of rotatable bonds is 3. The lowest BCUT2D eigenvalue weighted by molar-refractivity contribution is -0.141. The molecule has 2 atom stereocenters. The van der Waals surface area contributed by atoms with E-state index in [0.29, 0.717) is 26.1 Å². The maximum atomic E-state index is 11.9. The van der Waals surface area contributed by atoms with E-state index < -0.39 is 11.9 Å². The van der Waals surface area contributed by atoms with Gasteiger partial charge < -0.3 is 20.1 Å². The van der Waals surface area contributed by atoms with Crippen LogP contribution in [0.1, 0.15) is 33.1 Å². The fraction of sp³-hybridized carbons (Fsp3) is 0.846. The summed E-state index contributed by atoms with van der Waals surface area (Å²) in [5.74, 6) is -1.25. The molecule has 0 aromatic carbocycles. The van der Waals surface area contributed by atoms with Crippen molar-refractivity contribution >= 4 is 12.0 Å². The summed E-state index contributed by atoms with van der Waals surface area (Å²) in [6, 6.07) is -0.183. The predicted molar refractivity (Wildman–Crippen MR) is 68.9 cm³/mol. The normalized spacial score (nSPS) is 29.5. The van der Waals surface area contributed by atoms with Gasteiger partial charge in [-0.15, -0.1) is 0 Å². The van der Waals surface area contributed by atoms with Crippen molar-refractivity contribution in [3.05, 3.63) is 0 Å². The number of aliphatic carboxylic acids is 1. The molecule has 2 N–H and O–H groups in total. The molecular formula is C13H22N2O4. The van der Waals surface area contributed by atoms with Crippen molar-refractivity contribution in [2.45, 2.75) is 44.8 Å². The zero-order valence-electron chi connectivity index (χ0n) is 11.5. The largest absolute Gasteiger partial charge is 0.481 e.